The number of hydrazone groups is 1. The molecule has 0 bridgehead atoms. The molecular formula is C44H42F8N14O2. The van der Waals surface area contributed by atoms with Gasteiger partial charge in [0.2, 0.25) is 5.95 Å². The fraction of sp³-hybridized carbons (Fsp3) is 0.273. The third-order valence-corrected chi connectivity index (χ3v) is 9.98. The Morgan fingerprint density at radius 1 is 0.691 bits per heavy atom. The van der Waals surface area contributed by atoms with Crippen LogP contribution in [0.15, 0.2) is 102 Å². The zero-order valence-corrected chi connectivity index (χ0v) is 36.0. The summed E-state index contributed by atoms with van der Waals surface area (Å²) in [5, 5.41) is 9.86. The Morgan fingerprint density at radius 2 is 1.28 bits per heavy atom. The minimum absolute atomic E-state index is 0.0232. The summed E-state index contributed by atoms with van der Waals surface area (Å²) in [6, 6.07) is 14.7. The van der Waals surface area contributed by atoms with Crippen molar-refractivity contribution in [2.75, 3.05) is 78.5 Å². The van der Waals surface area contributed by atoms with Gasteiger partial charge in [0.25, 0.3) is 0 Å². The van der Waals surface area contributed by atoms with E-state index in [1.165, 1.54) is 36.8 Å². The predicted molar refractivity (Wildman–Crippen MR) is 238 cm³/mol. The summed E-state index contributed by atoms with van der Waals surface area (Å²) >= 11 is 0. The van der Waals surface area contributed by atoms with Crippen LogP contribution in [0.1, 0.15) is 33.9 Å². The quantitative estimate of drug-likeness (QED) is 0.0401. The first-order valence-electron chi connectivity index (χ1n) is 20.7. The number of nitrogens with two attached hydrogens (primary N) is 1. The van der Waals surface area contributed by atoms with E-state index in [2.05, 4.69) is 56.1 Å². The van der Waals surface area contributed by atoms with Gasteiger partial charge in [-0.2, -0.15) is 36.4 Å². The molecule has 5 N–H and O–H groups in total. The van der Waals surface area contributed by atoms with Crippen molar-refractivity contribution in [2.24, 2.45) is 15.8 Å². The lowest BCUT2D eigenvalue weighted by atomic mass is 10.1. The van der Waals surface area contributed by atoms with E-state index < -0.39 is 35.1 Å². The maximum atomic E-state index is 14.2. The molecule has 2 fully saturated rings. The SMILES string of the molecule is Cc1cc(/C=N\Nc2ncc(F)c(N3CCOCC3)n2)ncc1Nc1cccc(C(F)(F)F)c1.NC(=NCc1ncc(F)c(N2CCOCC2)n1)c1ccc(Nc2cccc(C(F)(F)F)c2)cn1. The van der Waals surface area contributed by atoms with Crippen LogP contribution in [0.2, 0.25) is 0 Å². The van der Waals surface area contributed by atoms with Gasteiger partial charge in [0.05, 0.1) is 85.6 Å². The van der Waals surface area contributed by atoms with Gasteiger partial charge >= 0.3 is 12.4 Å². The number of alkyl halides is 6. The molecule has 6 aromatic rings. The number of halogens is 8. The summed E-state index contributed by atoms with van der Waals surface area (Å²) in [4.78, 5) is 32.5. The van der Waals surface area contributed by atoms with Crippen LogP contribution in [0.3, 0.4) is 0 Å². The van der Waals surface area contributed by atoms with Gasteiger partial charge in [0.1, 0.15) is 18.1 Å². The summed E-state index contributed by atoms with van der Waals surface area (Å²) in [5.74, 6) is -0.134. The van der Waals surface area contributed by atoms with E-state index in [9.17, 15) is 35.1 Å². The molecular weight excluding hydrogens is 909 g/mol. The summed E-state index contributed by atoms with van der Waals surface area (Å²) in [6.45, 7) is 5.91. The molecule has 8 rings (SSSR count). The molecule has 2 aromatic carbocycles. The lowest BCUT2D eigenvalue weighted by molar-refractivity contribution is -0.138. The van der Waals surface area contributed by atoms with Crippen molar-refractivity contribution < 1.29 is 44.6 Å². The molecule has 68 heavy (non-hydrogen) atoms. The number of hydrogen-bond acceptors (Lipinski definition) is 15. The van der Waals surface area contributed by atoms with E-state index in [1.807, 2.05) is 0 Å². The average Bonchev–Trinajstić information content (AvgIpc) is 3.33. The minimum Gasteiger partial charge on any atom is -0.382 e. The first-order chi connectivity index (χ1) is 32.6. The molecule has 0 radical (unpaired) electrons. The zero-order valence-electron chi connectivity index (χ0n) is 36.0. The molecule has 2 aliphatic rings. The van der Waals surface area contributed by atoms with Gasteiger partial charge in [0, 0.05) is 37.6 Å². The van der Waals surface area contributed by atoms with Crippen molar-refractivity contribution in [3.63, 3.8) is 0 Å². The number of aromatic nitrogens is 6. The van der Waals surface area contributed by atoms with E-state index >= 15 is 0 Å². The molecule has 0 aliphatic carbocycles. The Bertz CT molecular complexity index is 2710. The molecule has 0 saturated carbocycles. The van der Waals surface area contributed by atoms with E-state index in [-0.39, 0.29) is 35.7 Å². The monoisotopic (exact) mass is 950 g/mol. The van der Waals surface area contributed by atoms with Gasteiger partial charge in [-0.05, 0) is 67.1 Å². The van der Waals surface area contributed by atoms with Crippen molar-refractivity contribution in [3.05, 3.63) is 137 Å². The number of ether oxygens (including phenoxy) is 2. The molecule has 4 aromatic heterocycles. The van der Waals surface area contributed by atoms with E-state index in [0.29, 0.717) is 86.9 Å². The maximum absolute atomic E-state index is 14.2. The highest BCUT2D eigenvalue weighted by molar-refractivity contribution is 5.95. The first-order valence-corrected chi connectivity index (χ1v) is 20.7. The summed E-state index contributed by atoms with van der Waals surface area (Å²) in [5.41, 5.74) is 10.4. The summed E-state index contributed by atoms with van der Waals surface area (Å²) in [6.07, 6.45) is -2.30. The van der Waals surface area contributed by atoms with Crippen LogP contribution in [-0.4, -0.2) is 94.6 Å². The second-order valence-electron chi connectivity index (χ2n) is 14.9. The first kappa shape index (κ1) is 48.3. The van der Waals surface area contributed by atoms with E-state index in [0.717, 1.165) is 42.2 Å². The fourth-order valence-electron chi connectivity index (χ4n) is 6.54. The number of aliphatic imine (C=N–C) groups is 1. The van der Waals surface area contributed by atoms with Gasteiger partial charge < -0.3 is 35.6 Å². The number of nitrogens with zero attached hydrogens (tertiary/aromatic N) is 10. The van der Waals surface area contributed by atoms with Crippen LogP contribution >= 0.6 is 0 Å². The van der Waals surface area contributed by atoms with E-state index in [4.69, 9.17) is 15.2 Å². The number of benzene rings is 2. The molecule has 2 saturated heterocycles. The van der Waals surface area contributed by atoms with Crippen LogP contribution in [0, 0.1) is 18.6 Å². The summed E-state index contributed by atoms with van der Waals surface area (Å²) < 4.78 is 116. The lowest BCUT2D eigenvalue weighted by Gasteiger charge is -2.28. The number of pyridine rings is 2. The Labute approximate surface area is 383 Å². The van der Waals surface area contributed by atoms with Crippen molar-refractivity contribution in [1.82, 2.24) is 29.9 Å². The second kappa shape index (κ2) is 21.8. The van der Waals surface area contributed by atoms with Crippen LogP contribution < -0.4 is 31.6 Å². The number of amidine groups is 1. The molecule has 0 amide bonds. The standard InChI is InChI=1S/2C22H21F4N7O/c1-14-9-17(27-13-19(14)30-16-4-2-3-15(10-16)22(24,25)26)11-29-32-21-28-12-18(23)20(31-21)33-5-7-34-8-6-33;23-17-12-29-19(32-21(17)33-6-8-34-9-7-33)13-30-20(27)18-5-4-16(11-28-18)31-15-3-1-2-14(10-15)22(24,25)26/h2-4,9-13,30H,5-8H2,1H3,(H,28,31,32);1-5,10-12,31H,6-9,13H2,(H2,27,30)/b29-11-;. The molecule has 16 nitrogen and oxygen atoms in total. The lowest BCUT2D eigenvalue weighted by Crippen LogP contribution is -2.37. The van der Waals surface area contributed by atoms with E-state index in [1.54, 1.807) is 41.0 Å². The highest BCUT2D eigenvalue weighted by atomic mass is 19.4. The number of rotatable bonds is 12. The highest BCUT2D eigenvalue weighted by Gasteiger charge is 2.31. The van der Waals surface area contributed by atoms with Gasteiger partial charge in [-0.25, -0.2) is 29.2 Å². The number of morpholine rings is 2. The van der Waals surface area contributed by atoms with Crippen molar-refractivity contribution in [1.29, 1.82) is 0 Å². The average molecular weight is 951 g/mol. The molecule has 24 heteroatoms. The minimum atomic E-state index is -4.43. The Kier molecular flexibility index (Phi) is 15.5. The summed E-state index contributed by atoms with van der Waals surface area (Å²) in [7, 11) is 0. The largest absolute Gasteiger partial charge is 0.416 e. The van der Waals surface area contributed by atoms with Crippen LogP contribution in [0.4, 0.5) is 75.5 Å². The van der Waals surface area contributed by atoms with Crippen molar-refractivity contribution in [2.45, 2.75) is 25.8 Å². The third-order valence-electron chi connectivity index (χ3n) is 9.98. The van der Waals surface area contributed by atoms with Crippen LogP contribution in [-0.2, 0) is 28.4 Å². The van der Waals surface area contributed by atoms with Crippen molar-refractivity contribution >= 4 is 52.4 Å². The fourth-order valence-corrected chi connectivity index (χ4v) is 6.54. The Hall–Kier alpha value is -7.60. The Morgan fingerprint density at radius 3 is 1.85 bits per heavy atom. The third kappa shape index (κ3) is 13.3. The molecule has 356 valence electrons. The number of nitrogens with one attached hydrogen (secondary N) is 3. The normalized spacial score (nSPS) is 14.6. The van der Waals surface area contributed by atoms with Gasteiger partial charge in [-0.3, -0.25) is 15.0 Å². The van der Waals surface area contributed by atoms with Crippen LogP contribution in [0.25, 0.3) is 0 Å². The highest BCUT2D eigenvalue weighted by Crippen LogP contribution is 2.33. The van der Waals surface area contributed by atoms with Gasteiger partial charge in [0.15, 0.2) is 29.1 Å². The number of aryl methyl sites for hydroxylation is 1. The Balaban J connectivity index is 0.000000201. The smallest absolute Gasteiger partial charge is 0.382 e. The van der Waals surface area contributed by atoms with Gasteiger partial charge in [-0.15, -0.1) is 0 Å². The maximum Gasteiger partial charge on any atom is 0.416 e. The van der Waals surface area contributed by atoms with Crippen molar-refractivity contribution in [3.8, 4) is 0 Å². The molecule has 6 heterocycles. The second-order valence-corrected chi connectivity index (χ2v) is 14.9. The molecule has 0 spiro atoms. The molecule has 0 unspecified atom stereocenters. The van der Waals surface area contributed by atoms with Gasteiger partial charge in [-0.1, -0.05) is 12.1 Å². The van der Waals surface area contributed by atoms with Crippen LogP contribution in [0.5, 0.6) is 0 Å². The topological polar surface area (TPSA) is 189 Å². The predicted octanol–water partition coefficient (Wildman–Crippen LogP) is 7.88. The zero-order chi connectivity index (χ0) is 48.3. The molecule has 0 atom stereocenters. The number of anilines is 7. The number of hydrogen-bond donors (Lipinski definition) is 4. The molecule has 2 aliphatic heterocycles.